The molecule has 2 rings (SSSR count). The molecule has 0 saturated carbocycles. The number of hydrogen-bond donors (Lipinski definition) is 0. The van der Waals surface area contributed by atoms with E-state index < -0.39 is 0 Å². The summed E-state index contributed by atoms with van der Waals surface area (Å²) in [5.74, 6) is 0.569. The second-order valence-electron chi connectivity index (χ2n) is 3.63. The molecule has 0 bridgehead atoms. The van der Waals surface area contributed by atoms with Crippen LogP contribution in [0.1, 0.15) is 11.1 Å². The third kappa shape index (κ3) is 3.04. The lowest BCUT2D eigenvalue weighted by atomic mass is 10.2. The molecule has 0 aliphatic rings. The Morgan fingerprint density at radius 3 is 2.72 bits per heavy atom. The van der Waals surface area contributed by atoms with Gasteiger partial charge in [0, 0.05) is 15.1 Å². The Morgan fingerprint density at radius 2 is 2.00 bits per heavy atom. The SMILES string of the molecule is N#Cc1ccccc1OCc1ccc(Br)cc1Cl. The Morgan fingerprint density at radius 1 is 1.22 bits per heavy atom. The third-order valence-electron chi connectivity index (χ3n) is 2.41. The summed E-state index contributed by atoms with van der Waals surface area (Å²) in [6.45, 7) is 0.338. The fourth-order valence-corrected chi connectivity index (χ4v) is 2.21. The van der Waals surface area contributed by atoms with Crippen molar-refractivity contribution in [3.05, 3.63) is 63.1 Å². The maximum absolute atomic E-state index is 8.94. The van der Waals surface area contributed by atoms with Gasteiger partial charge in [-0.2, -0.15) is 5.26 Å². The molecule has 0 saturated heterocycles. The van der Waals surface area contributed by atoms with Crippen molar-refractivity contribution < 1.29 is 4.74 Å². The summed E-state index contributed by atoms with van der Waals surface area (Å²) in [6, 6.07) is 14.8. The zero-order chi connectivity index (χ0) is 13.0. The number of hydrogen-bond acceptors (Lipinski definition) is 2. The molecule has 2 nitrogen and oxygen atoms in total. The summed E-state index contributed by atoms with van der Waals surface area (Å²) in [5, 5.41) is 9.58. The van der Waals surface area contributed by atoms with Crippen molar-refractivity contribution in [3.63, 3.8) is 0 Å². The predicted octanol–water partition coefficient (Wildman–Crippen LogP) is 4.55. The van der Waals surface area contributed by atoms with Gasteiger partial charge in [0.25, 0.3) is 0 Å². The summed E-state index contributed by atoms with van der Waals surface area (Å²) < 4.78 is 6.54. The number of ether oxygens (including phenoxy) is 1. The van der Waals surface area contributed by atoms with Crippen LogP contribution in [-0.4, -0.2) is 0 Å². The van der Waals surface area contributed by atoms with E-state index in [0.29, 0.717) is 22.9 Å². The van der Waals surface area contributed by atoms with Gasteiger partial charge < -0.3 is 4.74 Å². The molecule has 4 heteroatoms. The fraction of sp³-hybridized carbons (Fsp3) is 0.0714. The standard InChI is InChI=1S/C14H9BrClNO/c15-12-6-5-11(13(16)7-12)9-18-14-4-2-1-3-10(14)8-17/h1-7H,9H2. The van der Waals surface area contributed by atoms with Gasteiger partial charge in [-0.15, -0.1) is 0 Å². The molecule has 2 aromatic carbocycles. The minimum absolute atomic E-state index is 0.338. The Kier molecular flexibility index (Phi) is 4.24. The molecular weight excluding hydrogens is 314 g/mol. The van der Waals surface area contributed by atoms with Crippen LogP contribution in [-0.2, 0) is 6.61 Å². The largest absolute Gasteiger partial charge is 0.487 e. The van der Waals surface area contributed by atoms with Crippen molar-refractivity contribution in [2.45, 2.75) is 6.61 Å². The fourth-order valence-electron chi connectivity index (χ4n) is 1.48. The first-order valence-electron chi connectivity index (χ1n) is 5.26. The highest BCUT2D eigenvalue weighted by atomic mass is 79.9. The molecule has 0 heterocycles. The highest BCUT2D eigenvalue weighted by molar-refractivity contribution is 9.10. The van der Waals surface area contributed by atoms with E-state index >= 15 is 0 Å². The molecule has 0 fully saturated rings. The van der Waals surface area contributed by atoms with Gasteiger partial charge in [-0.1, -0.05) is 45.7 Å². The smallest absolute Gasteiger partial charge is 0.137 e. The van der Waals surface area contributed by atoms with E-state index in [-0.39, 0.29) is 0 Å². The van der Waals surface area contributed by atoms with Crippen LogP contribution in [0.5, 0.6) is 5.75 Å². The third-order valence-corrected chi connectivity index (χ3v) is 3.25. The van der Waals surface area contributed by atoms with Gasteiger partial charge >= 0.3 is 0 Å². The van der Waals surface area contributed by atoms with Crippen molar-refractivity contribution in [2.24, 2.45) is 0 Å². The van der Waals surface area contributed by atoms with Gasteiger partial charge in [-0.05, 0) is 24.3 Å². The average molecular weight is 323 g/mol. The van der Waals surface area contributed by atoms with Gasteiger partial charge in [-0.25, -0.2) is 0 Å². The molecule has 0 unspecified atom stereocenters. The lowest BCUT2D eigenvalue weighted by molar-refractivity contribution is 0.305. The van der Waals surface area contributed by atoms with E-state index in [1.807, 2.05) is 24.3 Å². The second kappa shape index (κ2) is 5.90. The summed E-state index contributed by atoms with van der Waals surface area (Å²) in [5.41, 5.74) is 1.40. The van der Waals surface area contributed by atoms with Crippen molar-refractivity contribution in [1.82, 2.24) is 0 Å². The number of benzene rings is 2. The number of para-hydroxylation sites is 1. The van der Waals surface area contributed by atoms with Gasteiger partial charge in [0.1, 0.15) is 18.4 Å². The van der Waals surface area contributed by atoms with Crippen LogP contribution in [0.3, 0.4) is 0 Å². The number of nitriles is 1. The van der Waals surface area contributed by atoms with Crippen LogP contribution in [0.2, 0.25) is 5.02 Å². The molecule has 0 aliphatic carbocycles. The van der Waals surface area contributed by atoms with Crippen molar-refractivity contribution in [3.8, 4) is 11.8 Å². The summed E-state index contributed by atoms with van der Waals surface area (Å²) >= 11 is 9.44. The van der Waals surface area contributed by atoms with Crippen LogP contribution in [0.15, 0.2) is 46.9 Å². The van der Waals surface area contributed by atoms with Crippen molar-refractivity contribution in [2.75, 3.05) is 0 Å². The van der Waals surface area contributed by atoms with E-state index in [1.165, 1.54) is 0 Å². The zero-order valence-electron chi connectivity index (χ0n) is 9.36. The van der Waals surface area contributed by atoms with E-state index in [9.17, 15) is 0 Å². The Bertz CT molecular complexity index is 607. The molecule has 0 amide bonds. The first-order valence-corrected chi connectivity index (χ1v) is 6.43. The van der Waals surface area contributed by atoms with Gasteiger partial charge in [0.15, 0.2) is 0 Å². The minimum Gasteiger partial charge on any atom is -0.487 e. The van der Waals surface area contributed by atoms with E-state index in [2.05, 4.69) is 22.0 Å². The van der Waals surface area contributed by atoms with Gasteiger partial charge in [0.05, 0.1) is 5.56 Å². The molecule has 0 radical (unpaired) electrons. The summed E-state index contributed by atoms with van der Waals surface area (Å²) in [6.07, 6.45) is 0. The van der Waals surface area contributed by atoms with E-state index in [1.54, 1.807) is 18.2 Å². The normalized spacial score (nSPS) is 9.83. The highest BCUT2D eigenvalue weighted by Gasteiger charge is 2.05. The lowest BCUT2D eigenvalue weighted by Gasteiger charge is -2.09. The number of halogens is 2. The topological polar surface area (TPSA) is 33.0 Å². The van der Waals surface area contributed by atoms with E-state index in [4.69, 9.17) is 21.6 Å². The van der Waals surface area contributed by atoms with Crippen LogP contribution < -0.4 is 4.74 Å². The molecule has 0 spiro atoms. The molecule has 0 N–H and O–H groups in total. The van der Waals surface area contributed by atoms with Crippen LogP contribution in [0.25, 0.3) is 0 Å². The lowest BCUT2D eigenvalue weighted by Crippen LogP contribution is -1.97. The Labute approximate surface area is 119 Å². The molecule has 0 aromatic heterocycles. The van der Waals surface area contributed by atoms with Crippen LogP contribution >= 0.6 is 27.5 Å². The molecule has 18 heavy (non-hydrogen) atoms. The van der Waals surface area contributed by atoms with Crippen LogP contribution in [0.4, 0.5) is 0 Å². The first kappa shape index (κ1) is 12.9. The van der Waals surface area contributed by atoms with Crippen LogP contribution in [0, 0.1) is 11.3 Å². The Balaban J connectivity index is 2.14. The second-order valence-corrected chi connectivity index (χ2v) is 4.96. The maximum atomic E-state index is 8.94. The van der Waals surface area contributed by atoms with E-state index in [0.717, 1.165) is 10.0 Å². The van der Waals surface area contributed by atoms with Crippen molar-refractivity contribution in [1.29, 1.82) is 5.26 Å². The van der Waals surface area contributed by atoms with Crippen molar-refractivity contribution >= 4 is 27.5 Å². The monoisotopic (exact) mass is 321 g/mol. The molecule has 0 atom stereocenters. The molecular formula is C14H9BrClNO. The quantitative estimate of drug-likeness (QED) is 0.830. The van der Waals surface area contributed by atoms with Gasteiger partial charge in [0.2, 0.25) is 0 Å². The number of rotatable bonds is 3. The predicted molar refractivity (Wildman–Crippen MR) is 74.6 cm³/mol. The minimum atomic E-state index is 0.338. The van der Waals surface area contributed by atoms with Gasteiger partial charge in [-0.3, -0.25) is 0 Å². The molecule has 90 valence electrons. The first-order chi connectivity index (χ1) is 8.70. The number of nitrogens with zero attached hydrogens (tertiary/aromatic N) is 1. The zero-order valence-corrected chi connectivity index (χ0v) is 11.7. The summed E-state index contributed by atoms with van der Waals surface area (Å²) in [4.78, 5) is 0. The highest BCUT2D eigenvalue weighted by Crippen LogP contribution is 2.24. The average Bonchev–Trinajstić information content (AvgIpc) is 2.38. The molecule has 0 aliphatic heterocycles. The Hall–Kier alpha value is -1.50. The summed E-state index contributed by atoms with van der Waals surface area (Å²) in [7, 11) is 0. The molecule has 2 aromatic rings. The maximum Gasteiger partial charge on any atom is 0.137 e.